The Bertz CT molecular complexity index is 708. The molecule has 2 aliphatic rings. The molecular weight excluding hydrogens is 320 g/mol. The lowest BCUT2D eigenvalue weighted by molar-refractivity contribution is -0.147. The highest BCUT2D eigenvalue weighted by molar-refractivity contribution is 5.96. The molecule has 5 heteroatoms. The van der Waals surface area contributed by atoms with Gasteiger partial charge in [0.25, 0.3) is 0 Å². The van der Waals surface area contributed by atoms with Crippen LogP contribution in [0.4, 0.5) is 0 Å². The molecule has 0 aromatic heterocycles. The first-order valence-corrected chi connectivity index (χ1v) is 8.35. The van der Waals surface area contributed by atoms with Crippen LogP contribution in [0.3, 0.4) is 0 Å². The van der Waals surface area contributed by atoms with Gasteiger partial charge in [-0.2, -0.15) is 0 Å². The van der Waals surface area contributed by atoms with E-state index in [1.807, 2.05) is 13.0 Å². The molecule has 0 amide bonds. The Morgan fingerprint density at radius 1 is 1.36 bits per heavy atom. The number of rotatable bonds is 2. The van der Waals surface area contributed by atoms with Crippen LogP contribution in [-0.2, 0) is 23.9 Å². The molecule has 1 aliphatic heterocycles. The number of Topliss-reactive ketones (excluding diaryl/α,β-unsaturated/α-hetero) is 1. The third-order valence-electron chi connectivity index (χ3n) is 4.69. The minimum absolute atomic E-state index is 0.0214. The topological polar surface area (TPSA) is 69.7 Å². The third kappa shape index (κ3) is 4.16. The lowest BCUT2D eigenvalue weighted by atomic mass is 9.85. The van der Waals surface area contributed by atoms with Crippen molar-refractivity contribution in [2.75, 3.05) is 0 Å². The summed E-state index contributed by atoms with van der Waals surface area (Å²) in [6.07, 6.45) is 4.61. The summed E-state index contributed by atoms with van der Waals surface area (Å²) in [4.78, 5) is 36.4. The predicted octanol–water partition coefficient (Wildman–Crippen LogP) is 3.22. The Balaban J connectivity index is 2.44. The number of ketones is 1. The molecule has 0 saturated carbocycles. The highest BCUT2D eigenvalue weighted by Gasteiger charge is 2.44. The zero-order chi connectivity index (χ0) is 18.7. The molecule has 25 heavy (non-hydrogen) atoms. The van der Waals surface area contributed by atoms with Gasteiger partial charge in [-0.25, -0.2) is 9.59 Å². The molecule has 5 nitrogen and oxygen atoms in total. The van der Waals surface area contributed by atoms with Crippen LogP contribution >= 0.6 is 0 Å². The number of hydrogen-bond donors (Lipinski definition) is 0. The van der Waals surface area contributed by atoms with Crippen molar-refractivity contribution in [2.45, 2.75) is 52.7 Å². The summed E-state index contributed by atoms with van der Waals surface area (Å²) in [5, 5.41) is 0. The fourth-order valence-corrected chi connectivity index (χ4v) is 2.94. The summed E-state index contributed by atoms with van der Waals surface area (Å²) < 4.78 is 11.1. The number of carbonyl (C=O) groups is 3. The van der Waals surface area contributed by atoms with Crippen molar-refractivity contribution in [2.24, 2.45) is 5.92 Å². The summed E-state index contributed by atoms with van der Waals surface area (Å²) in [6.45, 7) is 10.8. The molecule has 1 fully saturated rings. The van der Waals surface area contributed by atoms with E-state index in [4.69, 9.17) is 9.47 Å². The standard InChI is InChI=1S/C20H24O5/c1-6-12(3)19(22)24-16-9-11(2)7-8-15(21)13(4)10-17-18(16)14(5)20(23)25-17/h6-7,10,16-18H,5,8-9H2,1-4H3/b11-7?,12-6-,13-10+/t16-,17-,18+/m0/s1. The number of esters is 2. The Labute approximate surface area is 148 Å². The fourth-order valence-electron chi connectivity index (χ4n) is 2.94. The van der Waals surface area contributed by atoms with Crippen molar-refractivity contribution in [3.8, 4) is 0 Å². The van der Waals surface area contributed by atoms with E-state index in [2.05, 4.69) is 6.58 Å². The third-order valence-corrected chi connectivity index (χ3v) is 4.69. The van der Waals surface area contributed by atoms with Crippen LogP contribution in [-0.4, -0.2) is 29.9 Å². The first-order chi connectivity index (χ1) is 11.7. The van der Waals surface area contributed by atoms with E-state index in [0.29, 0.717) is 17.6 Å². The fraction of sp³-hybridized carbons (Fsp3) is 0.450. The number of carbonyl (C=O) groups excluding carboxylic acids is 3. The van der Waals surface area contributed by atoms with E-state index in [1.165, 1.54) is 0 Å². The second-order valence-electron chi connectivity index (χ2n) is 6.57. The molecule has 0 unspecified atom stereocenters. The van der Waals surface area contributed by atoms with Gasteiger partial charge in [0.05, 0.1) is 5.92 Å². The first-order valence-electron chi connectivity index (χ1n) is 8.35. The first kappa shape index (κ1) is 18.9. The van der Waals surface area contributed by atoms with Gasteiger partial charge in [-0.1, -0.05) is 24.3 Å². The Hall–Kier alpha value is -2.43. The van der Waals surface area contributed by atoms with E-state index in [1.54, 1.807) is 32.9 Å². The Kier molecular flexibility index (Phi) is 5.77. The van der Waals surface area contributed by atoms with Crippen LogP contribution < -0.4 is 0 Å². The second kappa shape index (κ2) is 7.64. The van der Waals surface area contributed by atoms with Crippen LogP contribution in [0, 0.1) is 5.92 Å². The average molecular weight is 344 g/mol. The maximum Gasteiger partial charge on any atom is 0.334 e. The van der Waals surface area contributed by atoms with Gasteiger partial charge in [0.2, 0.25) is 0 Å². The van der Waals surface area contributed by atoms with Gasteiger partial charge >= 0.3 is 11.9 Å². The SMILES string of the molecule is C=C1C(=O)O[C@H]2/C=C(\C)C(=O)CC=C(C)C[C@H](OC(=O)/C(C)=C\C)[C@@H]12. The van der Waals surface area contributed by atoms with E-state index in [-0.39, 0.29) is 17.8 Å². The molecule has 0 bridgehead atoms. The van der Waals surface area contributed by atoms with E-state index in [0.717, 1.165) is 5.57 Å². The maximum atomic E-state index is 12.3. The molecule has 134 valence electrons. The predicted molar refractivity (Wildman–Crippen MR) is 93.6 cm³/mol. The van der Waals surface area contributed by atoms with Crippen LogP contribution in [0.5, 0.6) is 0 Å². The van der Waals surface area contributed by atoms with E-state index in [9.17, 15) is 14.4 Å². The summed E-state index contributed by atoms with van der Waals surface area (Å²) in [5.41, 5.74) is 2.21. The van der Waals surface area contributed by atoms with Gasteiger partial charge in [-0.05, 0) is 39.3 Å². The molecule has 1 heterocycles. The Morgan fingerprint density at radius 3 is 2.68 bits per heavy atom. The van der Waals surface area contributed by atoms with Crippen LogP contribution in [0.2, 0.25) is 0 Å². The summed E-state index contributed by atoms with van der Waals surface area (Å²) >= 11 is 0. The number of hydrogen-bond acceptors (Lipinski definition) is 5. The minimum atomic E-state index is -0.654. The van der Waals surface area contributed by atoms with Gasteiger partial charge in [0.1, 0.15) is 12.2 Å². The second-order valence-corrected chi connectivity index (χ2v) is 6.57. The molecule has 1 saturated heterocycles. The van der Waals surface area contributed by atoms with Gasteiger partial charge in [0.15, 0.2) is 5.78 Å². The molecular formula is C20H24O5. The van der Waals surface area contributed by atoms with Gasteiger partial charge in [-0.3, -0.25) is 4.79 Å². The van der Waals surface area contributed by atoms with Gasteiger partial charge < -0.3 is 9.47 Å². The molecule has 2 rings (SSSR count). The normalized spacial score (nSPS) is 30.0. The zero-order valence-corrected chi connectivity index (χ0v) is 15.1. The molecule has 1 aliphatic carbocycles. The highest BCUT2D eigenvalue weighted by atomic mass is 16.6. The van der Waals surface area contributed by atoms with Crippen molar-refractivity contribution in [1.29, 1.82) is 0 Å². The van der Waals surface area contributed by atoms with Crippen molar-refractivity contribution >= 4 is 17.7 Å². The van der Waals surface area contributed by atoms with Gasteiger partial charge in [-0.15, -0.1) is 0 Å². The largest absolute Gasteiger partial charge is 0.458 e. The molecule has 3 atom stereocenters. The molecule has 0 radical (unpaired) electrons. The summed E-state index contributed by atoms with van der Waals surface area (Å²) in [6, 6.07) is 0. The number of fused-ring (bicyclic) bond motifs is 1. The van der Waals surface area contributed by atoms with Crippen LogP contribution in [0.25, 0.3) is 0 Å². The highest BCUT2D eigenvalue weighted by Crippen LogP contribution is 2.36. The molecule has 0 aromatic carbocycles. The van der Waals surface area contributed by atoms with Gasteiger partial charge in [0, 0.05) is 24.0 Å². The monoisotopic (exact) mass is 344 g/mol. The number of allylic oxidation sites excluding steroid dienone is 3. The van der Waals surface area contributed by atoms with Crippen LogP contribution in [0.15, 0.2) is 47.1 Å². The maximum absolute atomic E-state index is 12.3. The van der Waals surface area contributed by atoms with Crippen molar-refractivity contribution in [1.82, 2.24) is 0 Å². The average Bonchev–Trinajstić information content (AvgIpc) is 2.84. The van der Waals surface area contributed by atoms with Crippen molar-refractivity contribution in [3.05, 3.63) is 47.1 Å². The van der Waals surface area contributed by atoms with E-state index < -0.39 is 30.1 Å². The molecule has 0 N–H and O–H groups in total. The quantitative estimate of drug-likeness (QED) is 0.437. The minimum Gasteiger partial charge on any atom is -0.458 e. The molecule has 0 spiro atoms. The van der Waals surface area contributed by atoms with E-state index >= 15 is 0 Å². The lowest BCUT2D eigenvalue weighted by Gasteiger charge is -2.27. The zero-order valence-electron chi connectivity index (χ0n) is 15.1. The Morgan fingerprint density at radius 2 is 2.04 bits per heavy atom. The van der Waals surface area contributed by atoms with Crippen LogP contribution in [0.1, 0.15) is 40.5 Å². The summed E-state index contributed by atoms with van der Waals surface area (Å²) in [7, 11) is 0. The van der Waals surface area contributed by atoms with Crippen molar-refractivity contribution in [3.63, 3.8) is 0 Å². The lowest BCUT2D eigenvalue weighted by Crippen LogP contribution is -2.33. The molecule has 0 aromatic rings. The number of ether oxygens (including phenoxy) is 2. The summed E-state index contributed by atoms with van der Waals surface area (Å²) in [5.74, 6) is -1.48. The smallest absolute Gasteiger partial charge is 0.334 e. The van der Waals surface area contributed by atoms with Crippen molar-refractivity contribution < 1.29 is 23.9 Å².